The predicted octanol–water partition coefficient (Wildman–Crippen LogP) is 1.52. The highest BCUT2D eigenvalue weighted by molar-refractivity contribution is 5.97. The van der Waals surface area contributed by atoms with Gasteiger partial charge in [0.05, 0.1) is 31.6 Å². The fourth-order valence-electron chi connectivity index (χ4n) is 1.89. The highest BCUT2D eigenvalue weighted by atomic mass is 16.5. The molecule has 2 atom stereocenters. The van der Waals surface area contributed by atoms with Crippen LogP contribution in [0.5, 0.6) is 0 Å². The molecular weight excluding hydrogens is 286 g/mol. The Morgan fingerprint density at radius 2 is 1.86 bits per heavy atom. The summed E-state index contributed by atoms with van der Waals surface area (Å²) in [5.41, 5.74) is 0.833. The van der Waals surface area contributed by atoms with Crippen molar-refractivity contribution >= 4 is 11.8 Å². The summed E-state index contributed by atoms with van der Waals surface area (Å²) in [7, 11) is 0. The first-order valence-electron chi connectivity index (χ1n) is 7.01. The molecule has 1 rings (SSSR count). The molecule has 2 N–H and O–H groups in total. The molecule has 118 valence electrons. The van der Waals surface area contributed by atoms with E-state index in [1.54, 1.807) is 13.0 Å². The van der Waals surface area contributed by atoms with E-state index in [-0.39, 0.29) is 31.7 Å². The van der Waals surface area contributed by atoms with Crippen molar-refractivity contribution in [3.8, 4) is 6.07 Å². The Bertz CT molecular complexity index is 547. The number of nitrogens with zero attached hydrogens (tertiary/aromatic N) is 1. The Morgan fingerprint density at radius 3 is 2.41 bits per heavy atom. The summed E-state index contributed by atoms with van der Waals surface area (Å²) in [6.07, 6.45) is -2.45. The van der Waals surface area contributed by atoms with Gasteiger partial charge in [-0.2, -0.15) is 5.26 Å². The van der Waals surface area contributed by atoms with Crippen LogP contribution in [0.3, 0.4) is 0 Å². The molecule has 0 aromatic heterocycles. The van der Waals surface area contributed by atoms with E-state index < -0.39 is 18.2 Å². The van der Waals surface area contributed by atoms with Gasteiger partial charge in [0.1, 0.15) is 6.10 Å². The van der Waals surface area contributed by atoms with E-state index in [0.717, 1.165) is 0 Å². The van der Waals surface area contributed by atoms with Crippen molar-refractivity contribution in [2.45, 2.75) is 38.4 Å². The van der Waals surface area contributed by atoms with Gasteiger partial charge >= 0.3 is 5.97 Å². The average molecular weight is 305 g/mol. The van der Waals surface area contributed by atoms with Crippen molar-refractivity contribution in [2.24, 2.45) is 0 Å². The summed E-state index contributed by atoms with van der Waals surface area (Å²) < 4.78 is 4.75. The Hall–Kier alpha value is -2.23. The lowest BCUT2D eigenvalue weighted by Gasteiger charge is -2.15. The molecule has 0 radical (unpaired) electrons. The monoisotopic (exact) mass is 305 g/mol. The molecule has 0 heterocycles. The van der Waals surface area contributed by atoms with Crippen molar-refractivity contribution in [2.75, 3.05) is 6.61 Å². The number of Topliss-reactive ketones (excluding diaryl/α,β-unsaturated/α-hetero) is 1. The van der Waals surface area contributed by atoms with E-state index in [9.17, 15) is 19.8 Å². The molecule has 0 bridgehead atoms. The molecule has 0 aliphatic rings. The van der Waals surface area contributed by atoms with Gasteiger partial charge in [0.25, 0.3) is 0 Å². The topological polar surface area (TPSA) is 108 Å². The highest BCUT2D eigenvalue weighted by Gasteiger charge is 2.18. The molecule has 2 unspecified atom stereocenters. The highest BCUT2D eigenvalue weighted by Crippen LogP contribution is 2.20. The lowest BCUT2D eigenvalue weighted by atomic mass is 9.99. The van der Waals surface area contributed by atoms with E-state index in [1.165, 1.54) is 24.3 Å². The fraction of sp³-hybridized carbons (Fsp3) is 0.438. The molecule has 1 aromatic carbocycles. The van der Waals surface area contributed by atoms with Gasteiger partial charge in [0.2, 0.25) is 0 Å². The summed E-state index contributed by atoms with van der Waals surface area (Å²) in [5, 5.41) is 27.9. The van der Waals surface area contributed by atoms with E-state index in [2.05, 4.69) is 0 Å². The minimum absolute atomic E-state index is 0.0257. The van der Waals surface area contributed by atoms with Gasteiger partial charge in [-0.1, -0.05) is 24.3 Å². The normalized spacial score (nSPS) is 13.0. The van der Waals surface area contributed by atoms with Crippen LogP contribution in [0.2, 0.25) is 0 Å². The number of ketones is 1. The number of nitriles is 1. The molecule has 0 amide bonds. The van der Waals surface area contributed by atoms with Gasteiger partial charge in [0.15, 0.2) is 5.78 Å². The largest absolute Gasteiger partial charge is 0.466 e. The summed E-state index contributed by atoms with van der Waals surface area (Å²) in [6.45, 7) is 1.98. The van der Waals surface area contributed by atoms with Crippen LogP contribution in [0.15, 0.2) is 24.3 Å². The minimum Gasteiger partial charge on any atom is -0.466 e. The maximum absolute atomic E-state index is 11.9. The number of carbonyl (C=O) groups excluding carboxylic acids is 2. The zero-order valence-corrected chi connectivity index (χ0v) is 12.4. The first kappa shape index (κ1) is 17.8. The number of ether oxygens (including phenoxy) is 1. The molecule has 0 spiro atoms. The van der Waals surface area contributed by atoms with Crippen molar-refractivity contribution in [1.29, 1.82) is 5.26 Å². The molecular formula is C16H19NO5. The summed E-state index contributed by atoms with van der Waals surface area (Å²) in [6, 6.07) is 7.85. The van der Waals surface area contributed by atoms with Crippen LogP contribution in [0, 0.1) is 11.3 Å². The molecule has 0 aliphatic carbocycles. The molecule has 22 heavy (non-hydrogen) atoms. The lowest BCUT2D eigenvalue weighted by Crippen LogP contribution is -2.17. The number of hydrogen-bond donors (Lipinski definition) is 2. The third-order valence-corrected chi connectivity index (χ3v) is 3.10. The number of hydrogen-bond acceptors (Lipinski definition) is 6. The Labute approximate surface area is 128 Å². The van der Waals surface area contributed by atoms with Gasteiger partial charge < -0.3 is 14.9 Å². The molecule has 0 fully saturated rings. The molecule has 6 nitrogen and oxygen atoms in total. The Balaban J connectivity index is 2.62. The zero-order chi connectivity index (χ0) is 16.5. The molecule has 0 aliphatic heterocycles. The molecule has 0 saturated carbocycles. The van der Waals surface area contributed by atoms with E-state index in [4.69, 9.17) is 10.00 Å². The number of esters is 1. The molecule has 0 saturated heterocycles. The number of aliphatic hydroxyl groups is 2. The second-order valence-corrected chi connectivity index (χ2v) is 4.72. The van der Waals surface area contributed by atoms with Gasteiger partial charge in [-0.25, -0.2) is 0 Å². The van der Waals surface area contributed by atoms with Crippen LogP contribution in [-0.4, -0.2) is 34.7 Å². The predicted molar refractivity (Wildman–Crippen MR) is 77.8 cm³/mol. The number of carbonyl (C=O) groups is 2. The Kier molecular flexibility index (Phi) is 7.23. The Morgan fingerprint density at radius 1 is 1.23 bits per heavy atom. The van der Waals surface area contributed by atoms with Crippen LogP contribution in [0.1, 0.15) is 48.2 Å². The lowest BCUT2D eigenvalue weighted by molar-refractivity contribution is -0.143. The zero-order valence-electron chi connectivity index (χ0n) is 12.4. The van der Waals surface area contributed by atoms with Crippen molar-refractivity contribution < 1.29 is 24.5 Å². The third kappa shape index (κ3) is 5.28. The summed E-state index contributed by atoms with van der Waals surface area (Å²) >= 11 is 0. The number of benzene rings is 1. The van der Waals surface area contributed by atoms with Gasteiger partial charge in [-0.05, 0) is 12.5 Å². The second kappa shape index (κ2) is 8.93. The van der Waals surface area contributed by atoms with E-state index in [1.807, 2.05) is 0 Å². The molecule has 1 aromatic rings. The number of aliphatic hydroxyl groups excluding tert-OH is 2. The standard InChI is InChI=1S/C16H19NO5/c1-2-22-15(20)8-7-13(18)11-3-5-12(6-4-11)16(21)14(19)9-10-17/h3-6,14,16,19,21H,2,7-9H2,1H3. The van der Waals surface area contributed by atoms with Gasteiger partial charge in [-0.3, -0.25) is 9.59 Å². The third-order valence-electron chi connectivity index (χ3n) is 3.10. The first-order chi connectivity index (χ1) is 10.5. The van der Waals surface area contributed by atoms with Crippen molar-refractivity contribution in [1.82, 2.24) is 0 Å². The van der Waals surface area contributed by atoms with Crippen LogP contribution in [0.4, 0.5) is 0 Å². The maximum Gasteiger partial charge on any atom is 0.306 e. The van der Waals surface area contributed by atoms with Crippen LogP contribution < -0.4 is 0 Å². The smallest absolute Gasteiger partial charge is 0.306 e. The van der Waals surface area contributed by atoms with E-state index in [0.29, 0.717) is 11.1 Å². The maximum atomic E-state index is 11.9. The molecule has 6 heteroatoms. The van der Waals surface area contributed by atoms with Gasteiger partial charge in [-0.15, -0.1) is 0 Å². The van der Waals surface area contributed by atoms with Crippen molar-refractivity contribution in [3.05, 3.63) is 35.4 Å². The SMILES string of the molecule is CCOC(=O)CCC(=O)c1ccc(C(O)C(O)CC#N)cc1. The fourth-order valence-corrected chi connectivity index (χ4v) is 1.89. The number of rotatable bonds is 8. The van der Waals surface area contributed by atoms with Crippen LogP contribution in [-0.2, 0) is 9.53 Å². The second-order valence-electron chi connectivity index (χ2n) is 4.72. The van der Waals surface area contributed by atoms with Crippen LogP contribution >= 0.6 is 0 Å². The minimum atomic E-state index is -1.18. The average Bonchev–Trinajstić information content (AvgIpc) is 2.52. The van der Waals surface area contributed by atoms with Gasteiger partial charge in [0, 0.05) is 12.0 Å². The first-order valence-corrected chi connectivity index (χ1v) is 7.01. The summed E-state index contributed by atoms with van der Waals surface area (Å²) in [4.78, 5) is 23.1. The summed E-state index contributed by atoms with van der Waals surface area (Å²) in [5.74, 6) is -0.616. The van der Waals surface area contributed by atoms with Crippen LogP contribution in [0.25, 0.3) is 0 Å². The van der Waals surface area contributed by atoms with Crippen molar-refractivity contribution in [3.63, 3.8) is 0 Å². The quantitative estimate of drug-likeness (QED) is 0.557. The van der Waals surface area contributed by atoms with E-state index >= 15 is 0 Å².